The Labute approximate surface area is 128 Å². The molecule has 0 aliphatic carbocycles. The molecule has 0 heterocycles. The second-order valence-corrected chi connectivity index (χ2v) is 6.17. The van der Waals surface area contributed by atoms with Crippen LogP contribution in [0, 0.1) is 0 Å². The molecule has 0 unspecified atom stereocenters. The standard InChI is InChI=1S/C17H28N2O2/c1-17(2,3)19-12-10-16(20)18-11-7-13-21-14-15-8-5-4-6-9-15/h4-6,8-9,19H,7,10-14H2,1-3H3,(H,18,20). The summed E-state index contributed by atoms with van der Waals surface area (Å²) in [7, 11) is 0. The van der Waals surface area contributed by atoms with Gasteiger partial charge in [0.25, 0.3) is 0 Å². The summed E-state index contributed by atoms with van der Waals surface area (Å²) in [5.74, 6) is 0.0924. The quantitative estimate of drug-likeness (QED) is 0.688. The van der Waals surface area contributed by atoms with Crippen molar-refractivity contribution >= 4 is 5.91 Å². The first-order chi connectivity index (χ1) is 9.97. The molecule has 21 heavy (non-hydrogen) atoms. The van der Waals surface area contributed by atoms with Gasteiger partial charge in [0.05, 0.1) is 6.61 Å². The number of rotatable bonds is 9. The van der Waals surface area contributed by atoms with Crippen LogP contribution in [0.5, 0.6) is 0 Å². The van der Waals surface area contributed by atoms with Crippen LogP contribution in [0.25, 0.3) is 0 Å². The molecule has 1 aromatic rings. The van der Waals surface area contributed by atoms with E-state index in [1.165, 1.54) is 5.56 Å². The SMILES string of the molecule is CC(C)(C)NCCC(=O)NCCCOCc1ccccc1. The maximum atomic E-state index is 11.6. The summed E-state index contributed by atoms with van der Waals surface area (Å²) in [5.41, 5.74) is 1.24. The molecular weight excluding hydrogens is 264 g/mol. The zero-order valence-corrected chi connectivity index (χ0v) is 13.4. The Morgan fingerprint density at radius 2 is 1.86 bits per heavy atom. The van der Waals surface area contributed by atoms with E-state index >= 15 is 0 Å². The fraction of sp³-hybridized carbons (Fsp3) is 0.588. The van der Waals surface area contributed by atoms with Crippen LogP contribution in [0.1, 0.15) is 39.2 Å². The summed E-state index contributed by atoms with van der Waals surface area (Å²) in [6.07, 6.45) is 1.35. The maximum Gasteiger partial charge on any atom is 0.221 e. The fourth-order valence-corrected chi connectivity index (χ4v) is 1.81. The number of nitrogens with one attached hydrogen (secondary N) is 2. The number of hydrogen-bond acceptors (Lipinski definition) is 3. The van der Waals surface area contributed by atoms with Crippen molar-refractivity contribution in [3.05, 3.63) is 35.9 Å². The molecular formula is C17H28N2O2. The maximum absolute atomic E-state index is 11.6. The average Bonchev–Trinajstić information content (AvgIpc) is 2.42. The fourth-order valence-electron chi connectivity index (χ4n) is 1.81. The highest BCUT2D eigenvalue weighted by Gasteiger charge is 2.09. The third kappa shape index (κ3) is 10.0. The second kappa shape index (κ2) is 9.53. The minimum Gasteiger partial charge on any atom is -0.377 e. The number of amides is 1. The molecule has 4 nitrogen and oxygen atoms in total. The van der Waals surface area contributed by atoms with Gasteiger partial charge in [0.2, 0.25) is 5.91 Å². The van der Waals surface area contributed by atoms with Crippen molar-refractivity contribution in [1.82, 2.24) is 10.6 Å². The minimum atomic E-state index is 0.0611. The van der Waals surface area contributed by atoms with Gasteiger partial charge in [0.1, 0.15) is 0 Å². The van der Waals surface area contributed by atoms with Gasteiger partial charge in [-0.25, -0.2) is 0 Å². The smallest absolute Gasteiger partial charge is 0.221 e. The molecule has 2 N–H and O–H groups in total. The summed E-state index contributed by atoms with van der Waals surface area (Å²) < 4.78 is 5.56. The van der Waals surface area contributed by atoms with Gasteiger partial charge in [-0.2, -0.15) is 0 Å². The average molecular weight is 292 g/mol. The number of ether oxygens (including phenoxy) is 1. The van der Waals surface area contributed by atoms with Crippen LogP contribution in [-0.4, -0.2) is 31.1 Å². The Balaban J connectivity index is 1.95. The zero-order chi connectivity index (χ0) is 15.6. The molecule has 1 rings (SSSR count). The first-order valence-electron chi connectivity index (χ1n) is 7.61. The van der Waals surface area contributed by atoms with Crippen LogP contribution in [-0.2, 0) is 16.1 Å². The molecule has 1 aromatic carbocycles. The third-order valence-corrected chi connectivity index (χ3v) is 2.91. The lowest BCUT2D eigenvalue weighted by atomic mass is 10.1. The Bertz CT molecular complexity index is 399. The van der Waals surface area contributed by atoms with E-state index in [-0.39, 0.29) is 11.4 Å². The van der Waals surface area contributed by atoms with Gasteiger partial charge in [-0.1, -0.05) is 30.3 Å². The van der Waals surface area contributed by atoms with Crippen LogP contribution in [0.2, 0.25) is 0 Å². The van der Waals surface area contributed by atoms with Gasteiger partial charge in [-0.05, 0) is 32.8 Å². The monoisotopic (exact) mass is 292 g/mol. The summed E-state index contributed by atoms with van der Waals surface area (Å²) in [6, 6.07) is 10.1. The Hall–Kier alpha value is -1.39. The first kappa shape index (κ1) is 17.7. The number of hydrogen-bond donors (Lipinski definition) is 2. The molecule has 0 radical (unpaired) electrons. The molecule has 0 saturated heterocycles. The predicted octanol–water partition coefficient (Wildman–Crippen LogP) is 2.49. The summed E-state index contributed by atoms with van der Waals surface area (Å²) >= 11 is 0. The summed E-state index contributed by atoms with van der Waals surface area (Å²) in [4.78, 5) is 11.6. The van der Waals surface area contributed by atoms with Crippen molar-refractivity contribution in [2.24, 2.45) is 0 Å². The van der Waals surface area contributed by atoms with E-state index in [1.807, 2.05) is 30.3 Å². The van der Waals surface area contributed by atoms with Crippen molar-refractivity contribution in [3.8, 4) is 0 Å². The highest BCUT2D eigenvalue weighted by molar-refractivity contribution is 5.75. The highest BCUT2D eigenvalue weighted by Crippen LogP contribution is 2.00. The molecule has 1 amide bonds. The van der Waals surface area contributed by atoms with E-state index in [2.05, 4.69) is 31.4 Å². The first-order valence-corrected chi connectivity index (χ1v) is 7.61. The lowest BCUT2D eigenvalue weighted by Gasteiger charge is -2.20. The van der Waals surface area contributed by atoms with Gasteiger partial charge >= 0.3 is 0 Å². The topological polar surface area (TPSA) is 50.4 Å². The molecule has 0 atom stereocenters. The molecule has 0 aliphatic heterocycles. The van der Waals surface area contributed by atoms with Gasteiger partial charge < -0.3 is 15.4 Å². The van der Waals surface area contributed by atoms with Crippen LogP contribution in [0.4, 0.5) is 0 Å². The summed E-state index contributed by atoms with van der Waals surface area (Å²) in [5, 5.41) is 6.20. The van der Waals surface area contributed by atoms with Crippen LogP contribution in [0.15, 0.2) is 30.3 Å². The zero-order valence-electron chi connectivity index (χ0n) is 13.4. The molecule has 0 bridgehead atoms. The van der Waals surface area contributed by atoms with Gasteiger partial charge in [0.15, 0.2) is 0 Å². The van der Waals surface area contributed by atoms with E-state index in [1.54, 1.807) is 0 Å². The summed E-state index contributed by atoms with van der Waals surface area (Å²) in [6.45, 7) is 8.95. The Kier molecular flexibility index (Phi) is 8.01. The van der Waals surface area contributed by atoms with Gasteiger partial charge in [0, 0.05) is 31.7 Å². The van der Waals surface area contributed by atoms with Crippen molar-refractivity contribution in [3.63, 3.8) is 0 Å². The number of carbonyl (C=O) groups excluding carboxylic acids is 1. The lowest BCUT2D eigenvalue weighted by Crippen LogP contribution is -2.38. The molecule has 118 valence electrons. The van der Waals surface area contributed by atoms with E-state index in [0.717, 1.165) is 6.42 Å². The van der Waals surface area contributed by atoms with Crippen molar-refractivity contribution < 1.29 is 9.53 Å². The molecule has 0 spiro atoms. The van der Waals surface area contributed by atoms with Crippen molar-refractivity contribution in [2.45, 2.75) is 45.8 Å². The molecule has 0 aromatic heterocycles. The molecule has 0 saturated carbocycles. The lowest BCUT2D eigenvalue weighted by molar-refractivity contribution is -0.121. The van der Waals surface area contributed by atoms with Crippen LogP contribution >= 0.6 is 0 Å². The van der Waals surface area contributed by atoms with E-state index in [4.69, 9.17) is 4.74 Å². The van der Waals surface area contributed by atoms with E-state index in [9.17, 15) is 4.79 Å². The van der Waals surface area contributed by atoms with Crippen LogP contribution < -0.4 is 10.6 Å². The molecule has 4 heteroatoms. The highest BCUT2D eigenvalue weighted by atomic mass is 16.5. The van der Waals surface area contributed by atoms with E-state index in [0.29, 0.717) is 32.7 Å². The second-order valence-electron chi connectivity index (χ2n) is 6.17. The van der Waals surface area contributed by atoms with Crippen LogP contribution in [0.3, 0.4) is 0 Å². The molecule has 0 fully saturated rings. The van der Waals surface area contributed by atoms with Gasteiger partial charge in [-0.3, -0.25) is 4.79 Å². The van der Waals surface area contributed by atoms with Gasteiger partial charge in [-0.15, -0.1) is 0 Å². The van der Waals surface area contributed by atoms with Crippen molar-refractivity contribution in [2.75, 3.05) is 19.7 Å². The largest absolute Gasteiger partial charge is 0.377 e. The molecule has 0 aliphatic rings. The predicted molar refractivity (Wildman–Crippen MR) is 86.1 cm³/mol. The Morgan fingerprint density at radius 1 is 1.14 bits per heavy atom. The third-order valence-electron chi connectivity index (χ3n) is 2.91. The Morgan fingerprint density at radius 3 is 2.52 bits per heavy atom. The normalized spacial score (nSPS) is 11.4. The number of carbonyl (C=O) groups is 1. The minimum absolute atomic E-state index is 0.0611. The van der Waals surface area contributed by atoms with Crippen molar-refractivity contribution in [1.29, 1.82) is 0 Å². The van der Waals surface area contributed by atoms with E-state index < -0.39 is 0 Å². The number of benzene rings is 1.